The summed E-state index contributed by atoms with van der Waals surface area (Å²) in [6.07, 6.45) is 4.35. The maximum atomic E-state index is 12.2. The first-order chi connectivity index (χ1) is 10.6. The number of benzene rings is 1. The lowest BCUT2D eigenvalue weighted by atomic mass is 9.77. The zero-order chi connectivity index (χ0) is 16.0. The van der Waals surface area contributed by atoms with E-state index < -0.39 is 5.54 Å². The van der Waals surface area contributed by atoms with Crippen molar-refractivity contribution in [1.82, 2.24) is 0 Å². The third kappa shape index (κ3) is 5.01. The molecule has 0 bridgehead atoms. The van der Waals surface area contributed by atoms with Crippen LogP contribution in [0.25, 0.3) is 0 Å². The summed E-state index contributed by atoms with van der Waals surface area (Å²) in [7, 11) is 0. The van der Waals surface area contributed by atoms with Gasteiger partial charge in [0, 0.05) is 11.8 Å². The highest BCUT2D eigenvalue weighted by molar-refractivity contribution is 5.98. The Labute approximate surface area is 144 Å². The van der Waals surface area contributed by atoms with Gasteiger partial charge in [-0.1, -0.05) is 13.8 Å². The molecule has 0 aromatic heterocycles. The summed E-state index contributed by atoms with van der Waals surface area (Å²) in [5.74, 6) is 1.25. The van der Waals surface area contributed by atoms with E-state index in [2.05, 4.69) is 12.2 Å². The van der Waals surface area contributed by atoms with Crippen molar-refractivity contribution in [3.05, 3.63) is 18.2 Å². The van der Waals surface area contributed by atoms with Crippen LogP contribution in [0.1, 0.15) is 46.0 Å². The van der Waals surface area contributed by atoms with Crippen molar-refractivity contribution in [3.63, 3.8) is 0 Å². The molecule has 1 saturated carbocycles. The second-order valence-electron chi connectivity index (χ2n) is 5.82. The van der Waals surface area contributed by atoms with E-state index in [1.807, 2.05) is 19.1 Å². The number of hydrogen-bond acceptors (Lipinski definition) is 4. The van der Waals surface area contributed by atoms with E-state index in [0.717, 1.165) is 32.1 Å². The highest BCUT2D eigenvalue weighted by Crippen LogP contribution is 2.33. The molecule has 0 heterocycles. The van der Waals surface area contributed by atoms with E-state index in [9.17, 15) is 4.79 Å². The molecular formula is C17H27ClN2O3. The van der Waals surface area contributed by atoms with Crippen LogP contribution in [-0.2, 0) is 4.79 Å². The normalized spacial score (nSPS) is 15.1. The molecule has 6 heteroatoms. The molecule has 1 aromatic carbocycles. The van der Waals surface area contributed by atoms with Gasteiger partial charge in [-0.3, -0.25) is 4.79 Å². The van der Waals surface area contributed by atoms with Crippen molar-refractivity contribution in [3.8, 4) is 11.5 Å². The lowest BCUT2D eigenvalue weighted by molar-refractivity contribution is -0.123. The summed E-state index contributed by atoms with van der Waals surface area (Å²) in [5.41, 5.74) is 6.02. The molecule has 0 saturated heterocycles. The van der Waals surface area contributed by atoms with Gasteiger partial charge in [-0.15, -0.1) is 12.4 Å². The van der Waals surface area contributed by atoms with Gasteiger partial charge in [0.25, 0.3) is 0 Å². The Morgan fingerprint density at radius 2 is 1.78 bits per heavy atom. The van der Waals surface area contributed by atoms with E-state index in [0.29, 0.717) is 30.4 Å². The summed E-state index contributed by atoms with van der Waals surface area (Å²) >= 11 is 0. The number of halogens is 1. The first-order valence-corrected chi connectivity index (χ1v) is 8.09. The summed E-state index contributed by atoms with van der Waals surface area (Å²) in [6, 6.07) is 5.46. The SMILES string of the molecule is CCCOc1ccc(NC(=O)C2(N)CCC2)cc1OCCC.Cl. The largest absolute Gasteiger partial charge is 0.490 e. The minimum atomic E-state index is -0.707. The van der Waals surface area contributed by atoms with Crippen molar-refractivity contribution in [1.29, 1.82) is 0 Å². The number of carbonyl (C=O) groups excluding carboxylic acids is 1. The average molecular weight is 343 g/mol. The fourth-order valence-corrected chi connectivity index (χ4v) is 2.28. The van der Waals surface area contributed by atoms with Crippen molar-refractivity contribution in [2.75, 3.05) is 18.5 Å². The van der Waals surface area contributed by atoms with E-state index in [1.54, 1.807) is 6.07 Å². The van der Waals surface area contributed by atoms with Crippen LogP contribution in [-0.4, -0.2) is 24.7 Å². The molecule has 23 heavy (non-hydrogen) atoms. The molecule has 2 rings (SSSR count). The summed E-state index contributed by atoms with van der Waals surface area (Å²) in [6.45, 7) is 5.36. The van der Waals surface area contributed by atoms with E-state index in [4.69, 9.17) is 15.2 Å². The highest BCUT2D eigenvalue weighted by atomic mass is 35.5. The fourth-order valence-electron chi connectivity index (χ4n) is 2.28. The molecule has 0 radical (unpaired) electrons. The molecular weight excluding hydrogens is 316 g/mol. The quantitative estimate of drug-likeness (QED) is 0.758. The fraction of sp³-hybridized carbons (Fsp3) is 0.588. The molecule has 1 amide bonds. The van der Waals surface area contributed by atoms with E-state index >= 15 is 0 Å². The summed E-state index contributed by atoms with van der Waals surface area (Å²) in [4.78, 5) is 12.2. The predicted octanol–water partition coefficient (Wildman–Crippen LogP) is 3.51. The number of nitrogens with one attached hydrogen (secondary N) is 1. The van der Waals surface area contributed by atoms with Crippen LogP contribution in [0, 0.1) is 0 Å². The maximum absolute atomic E-state index is 12.2. The topological polar surface area (TPSA) is 73.6 Å². The summed E-state index contributed by atoms with van der Waals surface area (Å²) < 4.78 is 11.4. The Morgan fingerprint density at radius 3 is 2.30 bits per heavy atom. The molecule has 1 aliphatic carbocycles. The minimum absolute atomic E-state index is 0. The van der Waals surface area contributed by atoms with Crippen molar-refractivity contribution in [2.45, 2.75) is 51.5 Å². The number of rotatable bonds is 8. The standard InChI is InChI=1S/C17H26N2O3.ClH/c1-3-10-21-14-7-6-13(12-15(14)22-11-4-2)19-16(20)17(18)8-5-9-17;/h6-7,12H,3-5,8-11,18H2,1-2H3,(H,19,20);1H. The molecule has 0 unspecified atom stereocenters. The second-order valence-corrected chi connectivity index (χ2v) is 5.82. The lowest BCUT2D eigenvalue weighted by Gasteiger charge is -2.36. The van der Waals surface area contributed by atoms with Gasteiger partial charge in [-0.05, 0) is 44.2 Å². The smallest absolute Gasteiger partial charge is 0.244 e. The molecule has 1 aromatic rings. The Morgan fingerprint density at radius 1 is 1.17 bits per heavy atom. The van der Waals surface area contributed by atoms with E-state index in [-0.39, 0.29) is 18.3 Å². The predicted molar refractivity (Wildman–Crippen MR) is 94.7 cm³/mol. The first-order valence-electron chi connectivity index (χ1n) is 8.09. The van der Waals surface area contributed by atoms with Gasteiger partial charge in [0.2, 0.25) is 5.91 Å². The Hall–Kier alpha value is -1.46. The van der Waals surface area contributed by atoms with Gasteiger partial charge < -0.3 is 20.5 Å². The third-order valence-electron chi connectivity index (χ3n) is 3.82. The summed E-state index contributed by atoms with van der Waals surface area (Å²) in [5, 5.41) is 2.89. The number of anilines is 1. The van der Waals surface area contributed by atoms with Gasteiger partial charge in [0.15, 0.2) is 11.5 Å². The number of nitrogens with two attached hydrogens (primary N) is 1. The molecule has 0 spiro atoms. The van der Waals surface area contributed by atoms with Crippen LogP contribution in [0.2, 0.25) is 0 Å². The van der Waals surface area contributed by atoms with Crippen LogP contribution in [0.3, 0.4) is 0 Å². The molecule has 1 aliphatic rings. The molecule has 5 nitrogen and oxygen atoms in total. The van der Waals surface area contributed by atoms with E-state index in [1.165, 1.54) is 0 Å². The number of carbonyl (C=O) groups is 1. The van der Waals surface area contributed by atoms with Crippen LogP contribution in [0.4, 0.5) is 5.69 Å². The van der Waals surface area contributed by atoms with Crippen LogP contribution in [0.5, 0.6) is 11.5 Å². The Bertz CT molecular complexity index is 519. The Kier molecular flexibility index (Phi) is 7.65. The first kappa shape index (κ1) is 19.6. The lowest BCUT2D eigenvalue weighted by Crippen LogP contribution is -2.56. The molecule has 3 N–H and O–H groups in total. The minimum Gasteiger partial charge on any atom is -0.490 e. The zero-order valence-corrected chi connectivity index (χ0v) is 14.7. The molecule has 0 aliphatic heterocycles. The number of hydrogen-bond donors (Lipinski definition) is 2. The van der Waals surface area contributed by atoms with Crippen LogP contribution >= 0.6 is 12.4 Å². The van der Waals surface area contributed by atoms with Gasteiger partial charge in [0.1, 0.15) is 0 Å². The Balaban J connectivity index is 0.00000264. The number of amides is 1. The molecule has 0 atom stereocenters. The van der Waals surface area contributed by atoms with Gasteiger partial charge in [-0.2, -0.15) is 0 Å². The molecule has 1 fully saturated rings. The van der Waals surface area contributed by atoms with Crippen molar-refractivity contribution < 1.29 is 14.3 Å². The highest BCUT2D eigenvalue weighted by Gasteiger charge is 2.40. The monoisotopic (exact) mass is 342 g/mol. The molecule has 130 valence electrons. The van der Waals surface area contributed by atoms with Crippen LogP contribution in [0.15, 0.2) is 18.2 Å². The second kappa shape index (κ2) is 8.99. The average Bonchev–Trinajstić information content (AvgIpc) is 2.49. The van der Waals surface area contributed by atoms with Crippen LogP contribution < -0.4 is 20.5 Å². The zero-order valence-electron chi connectivity index (χ0n) is 13.9. The van der Waals surface area contributed by atoms with Gasteiger partial charge in [-0.25, -0.2) is 0 Å². The number of ether oxygens (including phenoxy) is 2. The third-order valence-corrected chi connectivity index (χ3v) is 3.82. The van der Waals surface area contributed by atoms with Gasteiger partial charge >= 0.3 is 0 Å². The maximum Gasteiger partial charge on any atom is 0.244 e. The van der Waals surface area contributed by atoms with Gasteiger partial charge in [0.05, 0.1) is 18.8 Å². The van der Waals surface area contributed by atoms with Crippen molar-refractivity contribution >= 4 is 24.0 Å². The van der Waals surface area contributed by atoms with Crippen molar-refractivity contribution in [2.24, 2.45) is 5.73 Å².